The smallest absolute Gasteiger partial charge is 0.131 e. The molecule has 0 saturated carbocycles. The van der Waals surface area contributed by atoms with Gasteiger partial charge in [-0.3, -0.25) is 0 Å². The average Bonchev–Trinajstić information content (AvgIpc) is 2.72. The topological polar surface area (TPSA) is 12.0 Å². The van der Waals surface area contributed by atoms with Gasteiger partial charge in [-0.15, -0.1) is 0 Å². The van der Waals surface area contributed by atoms with Gasteiger partial charge in [-0.25, -0.2) is 13.2 Å². The minimum Gasteiger partial charge on any atom is -0.385 e. The maximum atomic E-state index is 15.3. The number of hydrogen-bond acceptors (Lipinski definition) is 1. The summed E-state index contributed by atoms with van der Waals surface area (Å²) in [5.41, 5.74) is 4.02. The number of rotatable bonds is 7. The van der Waals surface area contributed by atoms with Crippen molar-refractivity contribution in [3.8, 4) is 22.3 Å². The standard InChI is InChI=1S/C26H26F3N/c1-4-7-17-9-10-19(27)14-21(17)23-13-18(8-5-2)22(16-26(23)29)24-15-20(30-6-3)11-12-25(24)28/h4,7,9-16,30H,5-6,8H2,1-3H3/b7-4+. The molecule has 4 heteroatoms. The van der Waals surface area contributed by atoms with Gasteiger partial charge in [0.15, 0.2) is 0 Å². The summed E-state index contributed by atoms with van der Waals surface area (Å²) < 4.78 is 43.9. The Hall–Kier alpha value is -3.01. The van der Waals surface area contributed by atoms with Gasteiger partial charge in [0.1, 0.15) is 17.5 Å². The first kappa shape index (κ1) is 21.7. The summed E-state index contributed by atoms with van der Waals surface area (Å²) in [6.45, 7) is 6.54. The number of aryl methyl sites for hydroxylation is 1. The molecule has 1 nitrogen and oxygen atoms in total. The van der Waals surface area contributed by atoms with E-state index in [4.69, 9.17) is 0 Å². The quantitative estimate of drug-likeness (QED) is 0.419. The molecule has 0 radical (unpaired) electrons. The summed E-state index contributed by atoms with van der Waals surface area (Å²) in [5, 5.41) is 3.17. The Bertz CT molecular complexity index is 1070. The normalized spacial score (nSPS) is 11.3. The van der Waals surface area contributed by atoms with Crippen LogP contribution in [0.4, 0.5) is 18.9 Å². The van der Waals surface area contributed by atoms with Gasteiger partial charge in [-0.05, 0) is 85.0 Å². The second kappa shape index (κ2) is 9.66. The van der Waals surface area contributed by atoms with Crippen molar-refractivity contribution in [1.82, 2.24) is 0 Å². The van der Waals surface area contributed by atoms with Gasteiger partial charge >= 0.3 is 0 Å². The molecule has 30 heavy (non-hydrogen) atoms. The number of anilines is 1. The third-order valence-corrected chi connectivity index (χ3v) is 5.00. The highest BCUT2D eigenvalue weighted by atomic mass is 19.1. The molecule has 0 bridgehead atoms. The van der Waals surface area contributed by atoms with E-state index in [0.717, 1.165) is 23.2 Å². The molecule has 156 valence electrons. The zero-order chi connectivity index (χ0) is 21.7. The first-order valence-corrected chi connectivity index (χ1v) is 10.3. The largest absolute Gasteiger partial charge is 0.385 e. The molecule has 0 aliphatic rings. The lowest BCUT2D eigenvalue weighted by Gasteiger charge is -2.16. The van der Waals surface area contributed by atoms with Crippen LogP contribution >= 0.6 is 0 Å². The third-order valence-electron chi connectivity index (χ3n) is 5.00. The molecule has 3 aromatic carbocycles. The summed E-state index contributed by atoms with van der Waals surface area (Å²) in [4.78, 5) is 0. The third kappa shape index (κ3) is 4.59. The second-order valence-electron chi connectivity index (χ2n) is 7.20. The Kier molecular flexibility index (Phi) is 6.99. The predicted octanol–water partition coefficient (Wildman–Crippen LogP) is 7.86. The lowest BCUT2D eigenvalue weighted by Crippen LogP contribution is -2.00. The van der Waals surface area contributed by atoms with E-state index < -0.39 is 17.5 Å². The number of nitrogens with one attached hydrogen (secondary N) is 1. The van der Waals surface area contributed by atoms with Crippen molar-refractivity contribution in [3.05, 3.63) is 83.2 Å². The van der Waals surface area contributed by atoms with Gasteiger partial charge in [0.2, 0.25) is 0 Å². The Morgan fingerprint density at radius 2 is 1.57 bits per heavy atom. The molecule has 0 aromatic heterocycles. The fourth-order valence-corrected chi connectivity index (χ4v) is 3.68. The van der Waals surface area contributed by atoms with E-state index in [9.17, 15) is 8.78 Å². The van der Waals surface area contributed by atoms with Crippen LogP contribution in [-0.2, 0) is 6.42 Å². The van der Waals surface area contributed by atoms with Crippen molar-refractivity contribution >= 4 is 11.8 Å². The maximum absolute atomic E-state index is 15.3. The van der Waals surface area contributed by atoms with E-state index in [1.807, 2.05) is 32.9 Å². The highest BCUT2D eigenvalue weighted by Crippen LogP contribution is 2.36. The summed E-state index contributed by atoms with van der Waals surface area (Å²) in [6.07, 6.45) is 5.12. The molecule has 0 amide bonds. The molecule has 0 saturated heterocycles. The Balaban J connectivity index is 2.22. The van der Waals surface area contributed by atoms with Gasteiger partial charge < -0.3 is 5.32 Å². The van der Waals surface area contributed by atoms with Crippen LogP contribution in [0.25, 0.3) is 28.3 Å². The van der Waals surface area contributed by atoms with Crippen LogP contribution < -0.4 is 5.32 Å². The molecule has 0 heterocycles. The van der Waals surface area contributed by atoms with Crippen molar-refractivity contribution in [2.75, 3.05) is 11.9 Å². The molecule has 0 unspecified atom stereocenters. The molecule has 0 fully saturated rings. The molecular formula is C26H26F3N. The van der Waals surface area contributed by atoms with E-state index in [2.05, 4.69) is 5.32 Å². The Labute approximate surface area is 176 Å². The molecule has 3 rings (SSSR count). The van der Waals surface area contributed by atoms with Crippen molar-refractivity contribution in [3.63, 3.8) is 0 Å². The molecule has 0 aliphatic heterocycles. The lowest BCUT2D eigenvalue weighted by atomic mass is 9.90. The number of benzene rings is 3. The highest BCUT2D eigenvalue weighted by Gasteiger charge is 2.17. The van der Waals surface area contributed by atoms with Gasteiger partial charge in [-0.2, -0.15) is 0 Å². The molecule has 1 N–H and O–H groups in total. The van der Waals surface area contributed by atoms with E-state index in [0.29, 0.717) is 35.2 Å². The number of allylic oxidation sites excluding steroid dienone is 1. The van der Waals surface area contributed by atoms with Crippen LogP contribution in [0, 0.1) is 17.5 Å². The van der Waals surface area contributed by atoms with Gasteiger partial charge in [0, 0.05) is 23.4 Å². The highest BCUT2D eigenvalue weighted by molar-refractivity contribution is 5.80. The van der Waals surface area contributed by atoms with Crippen LogP contribution in [0.1, 0.15) is 38.3 Å². The van der Waals surface area contributed by atoms with Gasteiger partial charge in [0.05, 0.1) is 0 Å². The van der Waals surface area contributed by atoms with E-state index in [-0.39, 0.29) is 0 Å². The molecule has 3 aromatic rings. The van der Waals surface area contributed by atoms with E-state index in [1.54, 1.807) is 24.3 Å². The summed E-state index contributed by atoms with van der Waals surface area (Å²) in [7, 11) is 0. The molecule has 0 aliphatic carbocycles. The number of hydrogen-bond donors (Lipinski definition) is 1. The predicted molar refractivity (Wildman–Crippen MR) is 120 cm³/mol. The zero-order valence-electron chi connectivity index (χ0n) is 17.5. The minimum atomic E-state index is -0.505. The molecule has 0 atom stereocenters. The van der Waals surface area contributed by atoms with Crippen LogP contribution in [0.2, 0.25) is 0 Å². The minimum absolute atomic E-state index is 0.318. The van der Waals surface area contributed by atoms with Gasteiger partial charge in [0.25, 0.3) is 0 Å². The average molecular weight is 409 g/mol. The van der Waals surface area contributed by atoms with Crippen LogP contribution in [-0.4, -0.2) is 6.54 Å². The summed E-state index contributed by atoms with van der Waals surface area (Å²) >= 11 is 0. The number of halogens is 3. The SMILES string of the molecule is C/C=C/c1ccc(F)cc1-c1cc(CCC)c(-c2cc(NCC)ccc2F)cc1F. The zero-order valence-corrected chi connectivity index (χ0v) is 17.5. The van der Waals surface area contributed by atoms with Crippen LogP contribution in [0.5, 0.6) is 0 Å². The van der Waals surface area contributed by atoms with Crippen LogP contribution in [0.15, 0.2) is 54.6 Å². The van der Waals surface area contributed by atoms with Crippen molar-refractivity contribution in [2.45, 2.75) is 33.6 Å². The molecular weight excluding hydrogens is 383 g/mol. The van der Waals surface area contributed by atoms with E-state index in [1.165, 1.54) is 24.3 Å². The lowest BCUT2D eigenvalue weighted by molar-refractivity contribution is 0.623. The van der Waals surface area contributed by atoms with E-state index >= 15 is 4.39 Å². The Morgan fingerprint density at radius 3 is 2.27 bits per heavy atom. The first-order valence-electron chi connectivity index (χ1n) is 10.3. The Morgan fingerprint density at radius 1 is 0.800 bits per heavy atom. The fourth-order valence-electron chi connectivity index (χ4n) is 3.68. The maximum Gasteiger partial charge on any atom is 0.131 e. The van der Waals surface area contributed by atoms with Crippen molar-refractivity contribution in [1.29, 1.82) is 0 Å². The summed E-state index contributed by atoms with van der Waals surface area (Å²) in [6, 6.07) is 12.2. The van der Waals surface area contributed by atoms with Crippen molar-refractivity contribution < 1.29 is 13.2 Å². The van der Waals surface area contributed by atoms with Crippen LogP contribution in [0.3, 0.4) is 0 Å². The van der Waals surface area contributed by atoms with Crippen molar-refractivity contribution in [2.24, 2.45) is 0 Å². The summed E-state index contributed by atoms with van der Waals surface area (Å²) in [5.74, 6) is -1.33. The molecule has 0 spiro atoms. The second-order valence-corrected chi connectivity index (χ2v) is 7.20. The first-order chi connectivity index (χ1) is 14.5. The van der Waals surface area contributed by atoms with Gasteiger partial charge in [-0.1, -0.05) is 31.6 Å². The fraction of sp³-hybridized carbons (Fsp3) is 0.231. The monoisotopic (exact) mass is 409 g/mol.